The van der Waals surface area contributed by atoms with Crippen LogP contribution in [-0.4, -0.2) is 112 Å². The van der Waals surface area contributed by atoms with Gasteiger partial charge in [0, 0.05) is 81.8 Å². The van der Waals surface area contributed by atoms with Crippen molar-refractivity contribution < 1.29 is 79.2 Å². The summed E-state index contributed by atoms with van der Waals surface area (Å²) < 4.78 is 70.5. The number of imidazole rings is 3. The van der Waals surface area contributed by atoms with E-state index in [1.165, 1.54) is 121 Å². The molecule has 0 unspecified atom stereocenters. The van der Waals surface area contributed by atoms with E-state index in [0.717, 1.165) is 13.1 Å². The van der Waals surface area contributed by atoms with Gasteiger partial charge in [-0.1, -0.05) is 90.7 Å². The number of phosphoric ester groups is 2. The van der Waals surface area contributed by atoms with Gasteiger partial charge >= 0.3 is 305 Å². The first-order valence-electron chi connectivity index (χ1n) is 39.1. The molecular formula is C83H95ClI21N13O20P3-. The fourth-order valence-electron chi connectivity index (χ4n) is 12.8. The number of pyridine rings is 6. The van der Waals surface area contributed by atoms with Crippen molar-refractivity contribution in [2.24, 2.45) is 0 Å². The van der Waals surface area contributed by atoms with Gasteiger partial charge in [-0.15, -0.1) is 12.4 Å². The minimum atomic E-state index is -4.81. The third-order valence-electron chi connectivity index (χ3n) is 17.7. The summed E-state index contributed by atoms with van der Waals surface area (Å²) in [7, 11) is -13.4. The first-order chi connectivity index (χ1) is 64.1. The molecule has 15 rings (SSSR count). The van der Waals surface area contributed by atoms with E-state index in [2.05, 4.69) is 279 Å². The van der Waals surface area contributed by atoms with Gasteiger partial charge in [-0.2, -0.15) is 0 Å². The van der Waals surface area contributed by atoms with Crippen molar-refractivity contribution in [2.45, 2.75) is 142 Å². The minimum Gasteiger partial charge on any atom is -0.506 e. The summed E-state index contributed by atoms with van der Waals surface area (Å²) in [6.07, 6.45) is 4.37. The van der Waals surface area contributed by atoms with Crippen LogP contribution in [0.25, 0.3) is 99.8 Å². The fourth-order valence-corrected chi connectivity index (χ4v) is 3160. The van der Waals surface area contributed by atoms with E-state index in [1.807, 2.05) is 24.3 Å². The maximum absolute atomic E-state index is 13.8. The zero-order valence-corrected chi connectivity index (χ0v) is 123. The monoisotopic (exact) mass is 4390 g/mol. The molecule has 0 aliphatic carbocycles. The van der Waals surface area contributed by atoms with Gasteiger partial charge in [0.15, 0.2) is 16.9 Å². The van der Waals surface area contributed by atoms with Crippen molar-refractivity contribution in [3.8, 4) is 34.3 Å². The molecule has 33 nitrogen and oxygen atoms in total. The molecule has 9 aromatic heterocycles. The molecule has 3 N–H and O–H groups in total. The van der Waals surface area contributed by atoms with Crippen molar-refractivity contribution in [1.29, 1.82) is 0 Å². The Morgan fingerprint density at radius 1 is 0.418 bits per heavy atom. The Morgan fingerprint density at radius 2 is 0.702 bits per heavy atom. The summed E-state index contributed by atoms with van der Waals surface area (Å²) in [5, 5.41) is 46.4. The first-order valence-corrected chi connectivity index (χ1v) is 169. The van der Waals surface area contributed by atoms with Crippen LogP contribution in [0, 0.1) is 30.3 Å². The zero-order chi connectivity index (χ0) is 101. The summed E-state index contributed by atoms with van der Waals surface area (Å²) in [6.45, 7) is 29.1. The quantitative estimate of drug-likeness (QED) is 0.0196. The first kappa shape index (κ1) is 132. The van der Waals surface area contributed by atoms with Gasteiger partial charge in [0.25, 0.3) is 42.3 Å². The van der Waals surface area contributed by atoms with Gasteiger partial charge in [-0.25, -0.2) is 28.8 Å². The Bertz CT molecular complexity index is 7250. The number of non-ortho nitro benzene ring substituents is 3. The number of fused-ring (bicyclic) bond motifs is 15. The Morgan fingerprint density at radius 3 is 0.979 bits per heavy atom. The average Bonchev–Trinajstić information content (AvgIpc) is 1.59. The Balaban J connectivity index is 0.000000245. The molecule has 0 spiro atoms. The second-order valence-electron chi connectivity index (χ2n) is 31.9. The van der Waals surface area contributed by atoms with E-state index in [4.69, 9.17) is 37.4 Å². The molecule has 0 saturated carbocycles. The fraction of sp³-hybridized carbons (Fsp3) is 0.277. The van der Waals surface area contributed by atoms with Crippen LogP contribution in [0.5, 0.6) is 17.2 Å². The Kier molecular flexibility index (Phi) is 53.5. The predicted octanol–water partition coefficient (Wildman–Crippen LogP) is 34.6. The smallest absolute Gasteiger partial charge is 0.506 e. The van der Waals surface area contributed by atoms with Crippen LogP contribution in [-0.2, 0) is 27.2 Å². The van der Waals surface area contributed by atoms with E-state index in [-0.39, 0.29) is 128 Å². The van der Waals surface area contributed by atoms with Gasteiger partial charge in [0.05, 0.1) is 72.8 Å². The molecule has 0 aliphatic heterocycles. The van der Waals surface area contributed by atoms with Crippen LogP contribution in [0.1, 0.15) is 119 Å². The SMILES string of the molecule is C.C.C.CC(C)(C)OP(=O)(Oc1ccc2nc3c4ccccc4c(=O)n(-c4ccc([N+](=O)[O-])cc4)c3n2c1)OC(C)(C)C.CCN(CC)P(OC(C)(C)C)OC(C)(C)C.Cl.I[I-]I(I)I(I)I(I)I(I)I(I)I(I)I(I)I(I)I(I)I.O=c1c2ccccc2c2nc3ccc(O)cn3c2n1-c1ccc([N+](=O)[O-])cc1.O=c1c2ccccc2c2nc3ccc(OP(=O)(O)O)cn3c2n1-c1ccc([N+](=O)[O-])cc1. The van der Waals surface area contributed by atoms with Crippen LogP contribution in [0.2, 0.25) is 0 Å². The Labute approximate surface area is 967 Å². The number of rotatable bonds is 26. The number of nitrogens with zero attached hydrogens (tertiary/aromatic N) is 13. The molecule has 6 aromatic carbocycles. The molecule has 141 heavy (non-hydrogen) atoms. The molecule has 0 amide bonds. The number of halogens is 22. The zero-order valence-electron chi connectivity index (χ0n) is 73.7. The molecule has 0 radical (unpaired) electrons. The number of nitro benzene ring substituents is 3. The molecule has 0 bridgehead atoms. The normalized spacial score (nSPS) is 12.8. The molecule has 9 heterocycles. The van der Waals surface area contributed by atoms with Crippen molar-refractivity contribution in [3.63, 3.8) is 0 Å². The topological polar surface area (TPSA) is 401 Å². The average molecular weight is 4390 g/mol. The number of aromatic nitrogens is 9. The second-order valence-corrected chi connectivity index (χ2v) is 491. The van der Waals surface area contributed by atoms with Gasteiger partial charge in [-0.05, 0) is 174 Å². The maximum Gasteiger partial charge on any atom is 0.524 e. The van der Waals surface area contributed by atoms with E-state index in [9.17, 15) is 59.0 Å². The molecule has 58 heteroatoms. The minimum absolute atomic E-state index is 0. The summed E-state index contributed by atoms with van der Waals surface area (Å²) in [5.41, 5.74) is 2.22. The molecule has 0 aliphatic rings. The second kappa shape index (κ2) is 57.4. The summed E-state index contributed by atoms with van der Waals surface area (Å²) in [6, 6.07) is 47.4. The molecule has 15 aromatic rings. The predicted molar refractivity (Wildman–Crippen MR) is 751 cm³/mol. The third kappa shape index (κ3) is 34.8. The largest absolute Gasteiger partial charge is 0.524 e. The molecule has 782 valence electrons. The van der Waals surface area contributed by atoms with E-state index < -0.39 is 89.6 Å². The number of hydrogen-bond donors (Lipinski definition) is 3. The molecule has 0 saturated heterocycles. The summed E-state index contributed by atoms with van der Waals surface area (Å²) in [5.74, 6) is 0.0723. The summed E-state index contributed by atoms with van der Waals surface area (Å²) in [4.78, 5) is 105. The maximum atomic E-state index is 13.8. The van der Waals surface area contributed by atoms with Gasteiger partial charge in [0.2, 0.25) is 0 Å². The van der Waals surface area contributed by atoms with Crippen molar-refractivity contribution in [1.82, 2.24) is 46.5 Å². The summed E-state index contributed by atoms with van der Waals surface area (Å²) >= 11 is 34.2. The van der Waals surface area contributed by atoms with Gasteiger partial charge < -0.3 is 23.2 Å². The standard InChI is InChI=1S/C28H29N4O7P.C20H13N4O7P.C20H12N4O4.C12H28NO2P.3CH4.ClH.I21/c1-27(2,3)38-40(36,39-28(4,5)6)37-20-15-16-23-29-24-21-9-7-8-10-22(21)26(33)31(25(24)30(23)17-20)18-11-13-19(14-12-18)32(34)35;25-20-16-4-2-1-3-15(16)18-19(23(20)12-5-7-13(8-6-12)24(26)27)22-11-14(31-32(28,29)30)9-10-17(22)21-18;25-14-9-10-17-21-18-15-3-1-2-4-16(15)20(26)23(19(18)22(17)11-14)12-5-7-13(8-6-12)24(27)28;1-9-13(10-2)16(14-11(3,4)5)15-12(6,7)8;;;;;1-12-14(4)16(6)18(8)20(10)21(11)19(9)17(7)15(5)13(2)3/h7-17H,1-6H3;1-11H,(H2,28,29,30);1-11,25H;9-10H2,1-8H3;3*1H4;1H;/q;;;;;;;;-1. The van der Waals surface area contributed by atoms with Crippen LogP contribution in [0.3, 0.4) is 0 Å². The van der Waals surface area contributed by atoms with E-state index in [0.29, 0.717) is 113 Å². The van der Waals surface area contributed by atoms with Crippen LogP contribution >= 0.6 is 312 Å². The Hall–Kier alpha value is 3.63. The van der Waals surface area contributed by atoms with E-state index >= 15 is 0 Å². The van der Waals surface area contributed by atoms with Crippen LogP contribution in [0.4, 0.5) is 17.1 Å². The van der Waals surface area contributed by atoms with Crippen molar-refractivity contribution >= 4 is 412 Å². The van der Waals surface area contributed by atoms with Gasteiger partial charge in [0.1, 0.15) is 50.7 Å². The third-order valence-corrected chi connectivity index (χ3v) is 1430. The van der Waals surface area contributed by atoms with Crippen molar-refractivity contribution in [3.05, 3.63) is 262 Å². The van der Waals surface area contributed by atoms with Gasteiger partial charge in [-0.3, -0.25) is 90.5 Å². The number of nitro groups is 3. The van der Waals surface area contributed by atoms with Crippen LogP contribution in [0.15, 0.2) is 215 Å². The number of phosphoric acid groups is 2. The number of benzene rings is 6. The van der Waals surface area contributed by atoms with E-state index in [1.54, 1.807) is 123 Å². The number of aromatic hydroxyl groups is 1. The molecular weight excluding hydrogens is 4290 g/mol. The van der Waals surface area contributed by atoms with Crippen molar-refractivity contribution in [2.75, 3.05) is 13.1 Å². The number of hydrogen-bond acceptors (Lipinski definition) is 22. The molecule has 0 atom stereocenters. The molecule has 0 fully saturated rings. The van der Waals surface area contributed by atoms with Crippen LogP contribution < -0.4 is 39.0 Å².